The van der Waals surface area contributed by atoms with Crippen LogP contribution in [0.2, 0.25) is 0 Å². The molecule has 0 aromatic carbocycles. The van der Waals surface area contributed by atoms with Crippen LogP contribution in [0.4, 0.5) is 0 Å². The molecule has 1 aromatic rings. The summed E-state index contributed by atoms with van der Waals surface area (Å²) in [7, 11) is 0. The molecule has 3 heteroatoms. The van der Waals surface area contributed by atoms with Gasteiger partial charge in [0.1, 0.15) is 11.6 Å². The highest BCUT2D eigenvalue weighted by molar-refractivity contribution is 5.05. The summed E-state index contributed by atoms with van der Waals surface area (Å²) in [4.78, 5) is 0. The summed E-state index contributed by atoms with van der Waals surface area (Å²) in [5.74, 6) is 1.31. The van der Waals surface area contributed by atoms with Gasteiger partial charge >= 0.3 is 0 Å². The van der Waals surface area contributed by atoms with Gasteiger partial charge in [0.25, 0.3) is 0 Å². The molecule has 0 aliphatic carbocycles. The molecule has 0 atom stereocenters. The van der Waals surface area contributed by atoms with E-state index in [2.05, 4.69) is 10.2 Å². The van der Waals surface area contributed by atoms with Crippen molar-refractivity contribution >= 4 is 0 Å². The largest absolute Gasteiger partial charge is 0.314 e. The lowest BCUT2D eigenvalue weighted by Crippen LogP contribution is -2.24. The van der Waals surface area contributed by atoms with Gasteiger partial charge in [-0.1, -0.05) is 41.5 Å². The van der Waals surface area contributed by atoms with Crippen molar-refractivity contribution in [1.29, 1.82) is 0 Å². The average molecular weight is 211 g/mol. The van der Waals surface area contributed by atoms with Crippen molar-refractivity contribution in [3.8, 4) is 0 Å². The summed E-state index contributed by atoms with van der Waals surface area (Å²) < 4.78 is 18.3. The molecule has 15 heavy (non-hydrogen) atoms. The molecule has 0 aliphatic heterocycles. The van der Waals surface area contributed by atoms with E-state index in [1.54, 1.807) is 11.5 Å². The van der Waals surface area contributed by atoms with Gasteiger partial charge in [0, 0.05) is 11.9 Å². The van der Waals surface area contributed by atoms with Gasteiger partial charge < -0.3 is 4.57 Å². The molecule has 1 aromatic heterocycles. The van der Waals surface area contributed by atoms with Gasteiger partial charge in [0.15, 0.2) is 0 Å². The van der Waals surface area contributed by atoms with Gasteiger partial charge in [-0.15, -0.1) is 10.2 Å². The monoisotopic (exact) mass is 211 g/mol. The van der Waals surface area contributed by atoms with Crippen molar-refractivity contribution in [3.63, 3.8) is 0 Å². The maximum Gasteiger partial charge on any atom is 0.138 e. The second kappa shape index (κ2) is 3.62. The van der Waals surface area contributed by atoms with E-state index in [1.807, 2.05) is 41.5 Å². The molecule has 0 saturated carbocycles. The summed E-state index contributed by atoms with van der Waals surface area (Å²) >= 11 is 0. The molecule has 3 nitrogen and oxygen atoms in total. The van der Waals surface area contributed by atoms with Crippen LogP contribution in [0.5, 0.6) is 0 Å². The first kappa shape index (κ1) is 9.37. The zero-order chi connectivity index (χ0) is 13.6. The third kappa shape index (κ3) is 3.05. The topological polar surface area (TPSA) is 30.7 Å². The lowest BCUT2D eigenvalue weighted by molar-refractivity contribution is 0.323. The number of hydrogen-bond acceptors (Lipinski definition) is 2. The Kier molecular flexibility index (Phi) is 2.26. The van der Waals surface area contributed by atoms with E-state index in [1.165, 1.54) is 0 Å². The summed E-state index contributed by atoms with van der Waals surface area (Å²) in [6, 6.07) is 0. The van der Waals surface area contributed by atoms with Crippen LogP contribution in [0.1, 0.15) is 55.9 Å². The van der Waals surface area contributed by atoms with Gasteiger partial charge in [-0.05, 0) is 12.3 Å². The normalized spacial score (nSPS) is 16.2. The quantitative estimate of drug-likeness (QED) is 0.715. The lowest BCUT2D eigenvalue weighted by Gasteiger charge is -2.25. The number of rotatable bonds is 1. The first-order valence-corrected chi connectivity index (χ1v) is 5.32. The minimum Gasteiger partial charge on any atom is -0.314 e. The molecule has 0 unspecified atom stereocenters. The Morgan fingerprint density at radius 1 is 1.13 bits per heavy atom. The van der Waals surface area contributed by atoms with E-state index < -0.39 is 11.9 Å². The molecule has 0 N–H and O–H groups in total. The van der Waals surface area contributed by atoms with E-state index >= 15 is 0 Å². The standard InChI is InChI=1S/C12H23N3/c1-9-13-14-10(12(5,6)7)15(9)8-11(2,3)4/h8H2,1-7H3/i8D2. The summed E-state index contributed by atoms with van der Waals surface area (Å²) in [5, 5.41) is 8.18. The number of aromatic nitrogens is 3. The molecule has 0 radical (unpaired) electrons. The first-order chi connectivity index (χ1) is 7.39. The Morgan fingerprint density at radius 2 is 1.67 bits per heavy atom. The Balaban J connectivity index is 3.47. The van der Waals surface area contributed by atoms with Crippen LogP contribution in [0, 0.1) is 12.3 Å². The zero-order valence-electron chi connectivity index (χ0n) is 12.8. The van der Waals surface area contributed by atoms with Crippen molar-refractivity contribution in [3.05, 3.63) is 11.6 Å². The van der Waals surface area contributed by atoms with E-state index in [4.69, 9.17) is 2.74 Å². The van der Waals surface area contributed by atoms with Crippen molar-refractivity contribution < 1.29 is 2.74 Å². The van der Waals surface area contributed by atoms with Crippen LogP contribution < -0.4 is 0 Å². The summed E-state index contributed by atoms with van der Waals surface area (Å²) in [5.41, 5.74) is -0.736. The zero-order valence-corrected chi connectivity index (χ0v) is 10.8. The third-order valence-electron chi connectivity index (χ3n) is 1.94. The Morgan fingerprint density at radius 3 is 2.07 bits per heavy atom. The lowest BCUT2D eigenvalue weighted by atomic mass is 9.93. The maximum absolute atomic E-state index is 8.35. The fraction of sp³-hybridized carbons (Fsp3) is 0.833. The Labute approximate surface area is 95.7 Å². The number of hydrogen-bond donors (Lipinski definition) is 0. The van der Waals surface area contributed by atoms with E-state index in [9.17, 15) is 0 Å². The smallest absolute Gasteiger partial charge is 0.138 e. The van der Waals surface area contributed by atoms with Gasteiger partial charge in [-0.2, -0.15) is 0 Å². The van der Waals surface area contributed by atoms with Crippen molar-refractivity contribution in [2.75, 3.05) is 0 Å². The molecular formula is C12H23N3. The van der Waals surface area contributed by atoms with Crippen LogP contribution in [-0.4, -0.2) is 14.8 Å². The second-order valence-corrected chi connectivity index (χ2v) is 6.02. The van der Waals surface area contributed by atoms with Crippen LogP contribution in [0.3, 0.4) is 0 Å². The molecule has 0 spiro atoms. The molecule has 1 rings (SSSR count). The predicted molar refractivity (Wildman–Crippen MR) is 62.9 cm³/mol. The average Bonchev–Trinajstić information content (AvgIpc) is 2.44. The third-order valence-corrected chi connectivity index (χ3v) is 1.94. The van der Waals surface area contributed by atoms with E-state index in [-0.39, 0.29) is 5.41 Å². The highest BCUT2D eigenvalue weighted by Gasteiger charge is 2.24. The first-order valence-electron chi connectivity index (χ1n) is 6.32. The fourth-order valence-corrected chi connectivity index (χ4v) is 1.32. The number of aryl methyl sites for hydroxylation is 1. The Hall–Kier alpha value is -0.860. The van der Waals surface area contributed by atoms with Crippen molar-refractivity contribution in [2.24, 2.45) is 5.41 Å². The van der Waals surface area contributed by atoms with Crippen LogP contribution in [0.25, 0.3) is 0 Å². The van der Waals surface area contributed by atoms with E-state index in [0.717, 1.165) is 0 Å². The van der Waals surface area contributed by atoms with Crippen LogP contribution >= 0.6 is 0 Å². The van der Waals surface area contributed by atoms with E-state index in [0.29, 0.717) is 11.6 Å². The minimum absolute atomic E-state index is 0.222. The second-order valence-electron chi connectivity index (χ2n) is 6.02. The van der Waals surface area contributed by atoms with Crippen molar-refractivity contribution in [1.82, 2.24) is 14.8 Å². The Bertz CT molecular complexity index is 408. The van der Waals surface area contributed by atoms with Gasteiger partial charge in [-0.25, -0.2) is 0 Å². The maximum atomic E-state index is 8.35. The molecular weight excluding hydrogens is 186 g/mol. The molecule has 1 heterocycles. The molecule has 0 bridgehead atoms. The van der Waals surface area contributed by atoms with Crippen LogP contribution in [-0.2, 0) is 11.9 Å². The number of nitrogens with zero attached hydrogens (tertiary/aromatic N) is 3. The van der Waals surface area contributed by atoms with Gasteiger partial charge in [-0.3, -0.25) is 0 Å². The minimum atomic E-state index is -1.51. The highest BCUT2D eigenvalue weighted by atomic mass is 15.3. The van der Waals surface area contributed by atoms with Gasteiger partial charge in [0.2, 0.25) is 0 Å². The molecule has 86 valence electrons. The molecule has 0 amide bonds. The fourth-order valence-electron chi connectivity index (χ4n) is 1.32. The van der Waals surface area contributed by atoms with Crippen LogP contribution in [0.15, 0.2) is 0 Å². The predicted octanol–water partition coefficient (Wildman–Crippen LogP) is 2.93. The SMILES string of the molecule is [2H]C([2H])(n1c(C)nnc1C(C)(C)C)C(C)(C)C. The summed E-state index contributed by atoms with van der Waals surface area (Å²) in [6.07, 6.45) is 0. The van der Waals surface area contributed by atoms with Gasteiger partial charge in [0.05, 0.1) is 2.74 Å². The summed E-state index contributed by atoms with van der Waals surface area (Å²) in [6.45, 7) is 12.0. The molecule has 0 fully saturated rings. The molecule has 0 saturated heterocycles. The highest BCUT2D eigenvalue weighted by Crippen LogP contribution is 2.25. The molecule has 0 aliphatic rings. The van der Waals surface area contributed by atoms with Crippen molar-refractivity contribution in [2.45, 2.75) is 60.4 Å².